The third-order valence-electron chi connectivity index (χ3n) is 3.69. The van der Waals surface area contributed by atoms with Crippen molar-refractivity contribution in [1.82, 2.24) is 15.1 Å². The van der Waals surface area contributed by atoms with Gasteiger partial charge in [-0.05, 0) is 26.8 Å². The maximum Gasteiger partial charge on any atom is 0.131 e. The molecular formula is C15H20FN3O. The second kappa shape index (κ2) is 5.63. The van der Waals surface area contributed by atoms with Crippen LogP contribution in [0.1, 0.15) is 42.8 Å². The molecule has 0 aliphatic rings. The number of halogens is 1. The van der Waals surface area contributed by atoms with E-state index < -0.39 is 5.82 Å². The SMILES string of the molecule is Cc1c(C(C)NC(C)c2ccc(O)cc2F)cnn1C. The van der Waals surface area contributed by atoms with Gasteiger partial charge in [0.2, 0.25) is 0 Å². The smallest absolute Gasteiger partial charge is 0.131 e. The number of nitrogens with zero attached hydrogens (tertiary/aromatic N) is 2. The first-order valence-corrected chi connectivity index (χ1v) is 6.63. The van der Waals surface area contributed by atoms with E-state index in [0.717, 1.165) is 17.3 Å². The molecule has 0 radical (unpaired) electrons. The quantitative estimate of drug-likeness (QED) is 0.903. The van der Waals surface area contributed by atoms with E-state index in [-0.39, 0.29) is 17.8 Å². The van der Waals surface area contributed by atoms with Crippen molar-refractivity contribution in [1.29, 1.82) is 0 Å². The number of hydrogen-bond acceptors (Lipinski definition) is 3. The largest absolute Gasteiger partial charge is 0.508 e. The predicted octanol–water partition coefficient (Wildman–Crippen LogP) is 2.99. The highest BCUT2D eigenvalue weighted by Gasteiger charge is 2.17. The first-order chi connectivity index (χ1) is 9.40. The number of aromatic nitrogens is 2. The van der Waals surface area contributed by atoms with Crippen molar-refractivity contribution >= 4 is 0 Å². The normalized spacial score (nSPS) is 14.2. The fourth-order valence-corrected chi connectivity index (χ4v) is 2.36. The molecule has 0 amide bonds. The zero-order chi connectivity index (χ0) is 14.9. The van der Waals surface area contributed by atoms with E-state index in [1.807, 2.05) is 38.7 Å². The second-order valence-corrected chi connectivity index (χ2v) is 5.12. The molecule has 1 heterocycles. The minimum absolute atomic E-state index is 0.0606. The number of aromatic hydroxyl groups is 1. The minimum Gasteiger partial charge on any atom is -0.508 e. The number of hydrogen-bond donors (Lipinski definition) is 2. The maximum absolute atomic E-state index is 13.8. The van der Waals surface area contributed by atoms with E-state index in [9.17, 15) is 9.50 Å². The van der Waals surface area contributed by atoms with Gasteiger partial charge in [0.05, 0.1) is 6.20 Å². The molecule has 0 aliphatic carbocycles. The van der Waals surface area contributed by atoms with E-state index in [1.165, 1.54) is 6.07 Å². The van der Waals surface area contributed by atoms with Gasteiger partial charge in [0.1, 0.15) is 11.6 Å². The van der Waals surface area contributed by atoms with Gasteiger partial charge in [-0.1, -0.05) is 6.07 Å². The summed E-state index contributed by atoms with van der Waals surface area (Å²) in [6.45, 7) is 5.93. The summed E-state index contributed by atoms with van der Waals surface area (Å²) in [7, 11) is 1.90. The second-order valence-electron chi connectivity index (χ2n) is 5.12. The monoisotopic (exact) mass is 277 g/mol. The molecule has 0 aliphatic heterocycles. The molecule has 2 atom stereocenters. The molecule has 0 spiro atoms. The predicted molar refractivity (Wildman–Crippen MR) is 76.0 cm³/mol. The fourth-order valence-electron chi connectivity index (χ4n) is 2.36. The highest BCUT2D eigenvalue weighted by Crippen LogP contribution is 2.24. The van der Waals surface area contributed by atoms with Gasteiger partial charge in [-0.2, -0.15) is 5.10 Å². The summed E-state index contributed by atoms with van der Waals surface area (Å²) in [5, 5.41) is 16.8. The molecule has 0 saturated heterocycles. The Hall–Kier alpha value is -1.88. The van der Waals surface area contributed by atoms with Crippen LogP contribution in [0.4, 0.5) is 4.39 Å². The van der Waals surface area contributed by atoms with E-state index in [2.05, 4.69) is 10.4 Å². The van der Waals surface area contributed by atoms with E-state index >= 15 is 0 Å². The van der Waals surface area contributed by atoms with Gasteiger partial charge in [-0.25, -0.2) is 4.39 Å². The summed E-state index contributed by atoms with van der Waals surface area (Å²) >= 11 is 0. The van der Waals surface area contributed by atoms with Crippen LogP contribution in [0, 0.1) is 12.7 Å². The van der Waals surface area contributed by atoms with Crippen LogP contribution in [0.25, 0.3) is 0 Å². The van der Waals surface area contributed by atoms with Crippen LogP contribution in [0.15, 0.2) is 24.4 Å². The van der Waals surface area contributed by atoms with Crippen molar-refractivity contribution in [2.24, 2.45) is 7.05 Å². The van der Waals surface area contributed by atoms with Crippen LogP contribution in [0.2, 0.25) is 0 Å². The summed E-state index contributed by atoms with van der Waals surface area (Å²) in [5.74, 6) is -0.463. The molecule has 1 aromatic heterocycles. The molecule has 0 saturated carbocycles. The van der Waals surface area contributed by atoms with Gasteiger partial charge in [0, 0.05) is 42.0 Å². The summed E-state index contributed by atoms with van der Waals surface area (Å²) in [6.07, 6.45) is 1.83. The third kappa shape index (κ3) is 2.82. The summed E-state index contributed by atoms with van der Waals surface area (Å²) < 4.78 is 15.6. The number of phenolic OH excluding ortho intramolecular Hbond substituents is 1. The van der Waals surface area contributed by atoms with Gasteiger partial charge in [0.25, 0.3) is 0 Å². The molecule has 1 aromatic carbocycles. The number of aryl methyl sites for hydroxylation is 1. The number of rotatable bonds is 4. The van der Waals surface area contributed by atoms with Gasteiger partial charge >= 0.3 is 0 Å². The van der Waals surface area contributed by atoms with E-state index in [4.69, 9.17) is 0 Å². The topological polar surface area (TPSA) is 50.1 Å². The van der Waals surface area contributed by atoms with E-state index in [0.29, 0.717) is 5.56 Å². The standard InChI is InChI=1S/C15H20FN3O/c1-9(13-6-5-12(20)7-15(13)16)18-10(2)14-8-17-19(4)11(14)3/h5-10,18,20H,1-4H3. The average Bonchev–Trinajstić information content (AvgIpc) is 2.69. The molecule has 2 unspecified atom stereocenters. The Morgan fingerprint density at radius 1 is 1.25 bits per heavy atom. The first-order valence-electron chi connectivity index (χ1n) is 6.63. The molecule has 5 heteroatoms. The van der Waals surface area contributed by atoms with Crippen LogP contribution >= 0.6 is 0 Å². The summed E-state index contributed by atoms with van der Waals surface area (Å²) in [6, 6.07) is 4.13. The Kier molecular flexibility index (Phi) is 4.09. The molecule has 2 N–H and O–H groups in total. The summed E-state index contributed by atoms with van der Waals surface area (Å²) in [5.41, 5.74) is 2.72. The minimum atomic E-state index is -0.403. The molecule has 0 fully saturated rings. The molecule has 2 rings (SSSR count). The van der Waals surface area contributed by atoms with Crippen molar-refractivity contribution in [3.05, 3.63) is 47.0 Å². The zero-order valence-electron chi connectivity index (χ0n) is 12.2. The van der Waals surface area contributed by atoms with Gasteiger partial charge < -0.3 is 10.4 Å². The van der Waals surface area contributed by atoms with E-state index in [1.54, 1.807) is 6.07 Å². The van der Waals surface area contributed by atoms with Crippen LogP contribution in [-0.4, -0.2) is 14.9 Å². The van der Waals surface area contributed by atoms with Crippen LogP contribution in [0.3, 0.4) is 0 Å². The van der Waals surface area contributed by atoms with Crippen molar-refractivity contribution < 1.29 is 9.50 Å². The molecule has 0 bridgehead atoms. The Balaban J connectivity index is 2.15. The Morgan fingerprint density at radius 3 is 2.45 bits per heavy atom. The highest BCUT2D eigenvalue weighted by atomic mass is 19.1. The van der Waals surface area contributed by atoms with Crippen LogP contribution in [0.5, 0.6) is 5.75 Å². The highest BCUT2D eigenvalue weighted by molar-refractivity contribution is 5.30. The lowest BCUT2D eigenvalue weighted by Crippen LogP contribution is -2.23. The molecule has 2 aromatic rings. The van der Waals surface area contributed by atoms with Gasteiger partial charge in [0.15, 0.2) is 0 Å². The molecule has 108 valence electrons. The lowest BCUT2D eigenvalue weighted by atomic mass is 10.0. The van der Waals surface area contributed by atoms with Crippen molar-refractivity contribution in [2.45, 2.75) is 32.9 Å². The van der Waals surface area contributed by atoms with Crippen molar-refractivity contribution in [3.8, 4) is 5.75 Å². The Morgan fingerprint density at radius 2 is 1.90 bits per heavy atom. The Bertz CT molecular complexity index is 609. The molecule has 4 nitrogen and oxygen atoms in total. The van der Waals surface area contributed by atoms with Crippen molar-refractivity contribution in [2.75, 3.05) is 0 Å². The summed E-state index contributed by atoms with van der Waals surface area (Å²) in [4.78, 5) is 0. The maximum atomic E-state index is 13.8. The average molecular weight is 277 g/mol. The fraction of sp³-hybridized carbons (Fsp3) is 0.400. The van der Waals surface area contributed by atoms with Gasteiger partial charge in [-0.15, -0.1) is 0 Å². The number of nitrogens with one attached hydrogen (secondary N) is 1. The number of phenols is 1. The zero-order valence-corrected chi connectivity index (χ0v) is 12.2. The molecular weight excluding hydrogens is 257 g/mol. The third-order valence-corrected chi connectivity index (χ3v) is 3.69. The van der Waals surface area contributed by atoms with Crippen LogP contribution < -0.4 is 5.32 Å². The Labute approximate surface area is 118 Å². The van der Waals surface area contributed by atoms with Crippen LogP contribution in [-0.2, 0) is 7.05 Å². The van der Waals surface area contributed by atoms with Crippen molar-refractivity contribution in [3.63, 3.8) is 0 Å². The lowest BCUT2D eigenvalue weighted by Gasteiger charge is -2.21. The lowest BCUT2D eigenvalue weighted by molar-refractivity contribution is 0.454. The number of benzene rings is 1. The van der Waals surface area contributed by atoms with Gasteiger partial charge in [-0.3, -0.25) is 4.68 Å². The molecule has 20 heavy (non-hydrogen) atoms. The first kappa shape index (κ1) is 14.5.